The molecule has 1 heterocycles. The summed E-state index contributed by atoms with van der Waals surface area (Å²) in [6, 6.07) is 18.9. The number of allylic oxidation sites excluding steroid dienone is 4. The van der Waals surface area contributed by atoms with Crippen molar-refractivity contribution in [1.29, 1.82) is 0 Å². The number of para-hydroxylation sites is 1. The van der Waals surface area contributed by atoms with Crippen LogP contribution in [-0.2, 0) is 10.9 Å². The molecule has 1 aliphatic heterocycles. The van der Waals surface area contributed by atoms with Gasteiger partial charge in [-0.2, -0.15) is 0 Å². The fourth-order valence-electron chi connectivity index (χ4n) is 2.40. The van der Waals surface area contributed by atoms with E-state index in [-0.39, 0.29) is 10.9 Å². The van der Waals surface area contributed by atoms with E-state index < -0.39 is 0 Å². The molecule has 0 radical (unpaired) electrons. The molecule has 94 valence electrons. The maximum Gasteiger partial charge on any atom is 0.318 e. The van der Waals surface area contributed by atoms with E-state index in [4.69, 9.17) is 4.74 Å². The van der Waals surface area contributed by atoms with Gasteiger partial charge < -0.3 is 4.74 Å². The van der Waals surface area contributed by atoms with Gasteiger partial charge in [-0.05, 0) is 24.3 Å². The predicted molar refractivity (Wildman–Crippen MR) is 81.4 cm³/mol. The Labute approximate surface area is 121 Å². The third-order valence-electron chi connectivity index (χ3n) is 3.28. The molecule has 0 saturated carbocycles. The Kier molecular flexibility index (Phi) is 2.70. The van der Waals surface area contributed by atoms with Gasteiger partial charge in [0, 0.05) is 6.08 Å². The molecule has 2 aliphatic rings. The Morgan fingerprint density at radius 2 is 1.70 bits per heavy atom. The summed E-state index contributed by atoms with van der Waals surface area (Å²) in [6.07, 6.45) is 9.12. The molecule has 2 aromatic rings. The molecule has 4 rings (SSSR count). The fourth-order valence-corrected chi connectivity index (χ4v) is 4.59. The normalized spacial score (nSPS) is 18.9. The highest BCUT2D eigenvalue weighted by atomic mass is 32.2. The Hall–Kier alpha value is -2.28. The molecule has 0 bridgehead atoms. The van der Waals surface area contributed by atoms with Gasteiger partial charge in [-0.3, -0.25) is 0 Å². The molecule has 2 heteroatoms. The van der Waals surface area contributed by atoms with Crippen LogP contribution in [0.5, 0.6) is 5.75 Å². The standard InChI is InChI=1S/C18H12OS/c1-2-8-14(9-3-1)20-17-12-6-4-10-15(17)19-16-11-5-7-13-18(16)20/h1-6,8-13H/q+2. The Morgan fingerprint density at radius 1 is 0.900 bits per heavy atom. The van der Waals surface area contributed by atoms with E-state index in [9.17, 15) is 0 Å². The molecule has 1 atom stereocenters. The van der Waals surface area contributed by atoms with Crippen LogP contribution in [0.4, 0.5) is 0 Å². The largest absolute Gasteiger partial charge is 0.424 e. The molecule has 0 N–H and O–H groups in total. The van der Waals surface area contributed by atoms with Crippen LogP contribution >= 0.6 is 0 Å². The van der Waals surface area contributed by atoms with Crippen molar-refractivity contribution >= 4 is 10.9 Å². The van der Waals surface area contributed by atoms with Crippen molar-refractivity contribution in [3.8, 4) is 5.75 Å². The SMILES string of the molecule is [C+]1=CC2=C(C=C1)Oc1ccccc1[S+]2c1ccccc1. The van der Waals surface area contributed by atoms with Gasteiger partial charge in [-0.1, -0.05) is 30.3 Å². The van der Waals surface area contributed by atoms with Crippen LogP contribution < -0.4 is 4.74 Å². The van der Waals surface area contributed by atoms with Crippen molar-refractivity contribution < 1.29 is 4.74 Å². The summed E-state index contributed by atoms with van der Waals surface area (Å²) < 4.78 is 6.02. The van der Waals surface area contributed by atoms with Gasteiger partial charge in [0.15, 0.2) is 27.6 Å². The lowest BCUT2D eigenvalue weighted by Gasteiger charge is -2.15. The average Bonchev–Trinajstić information content (AvgIpc) is 2.53. The zero-order valence-corrected chi connectivity index (χ0v) is 11.6. The van der Waals surface area contributed by atoms with Crippen LogP contribution in [0.15, 0.2) is 93.3 Å². The third kappa shape index (κ3) is 1.78. The van der Waals surface area contributed by atoms with Crippen LogP contribution in [0.1, 0.15) is 0 Å². The third-order valence-corrected chi connectivity index (χ3v) is 5.56. The predicted octanol–water partition coefficient (Wildman–Crippen LogP) is 4.26. The number of hydrogen-bond donors (Lipinski definition) is 0. The van der Waals surface area contributed by atoms with E-state index in [2.05, 4.69) is 48.5 Å². The fraction of sp³-hybridized carbons (Fsp3) is 0. The first-order chi connectivity index (χ1) is 9.93. The first kappa shape index (κ1) is 11.5. The number of benzene rings is 2. The molecule has 1 aliphatic carbocycles. The van der Waals surface area contributed by atoms with Gasteiger partial charge >= 0.3 is 4.91 Å². The monoisotopic (exact) mass is 276 g/mol. The molecule has 2 aromatic carbocycles. The minimum atomic E-state index is -0.114. The van der Waals surface area contributed by atoms with Gasteiger partial charge in [0.05, 0.1) is 6.08 Å². The summed E-state index contributed by atoms with van der Waals surface area (Å²) >= 11 is 0. The maximum atomic E-state index is 6.02. The molecule has 0 saturated heterocycles. The van der Waals surface area contributed by atoms with Crippen molar-refractivity contribution in [1.82, 2.24) is 0 Å². The number of ether oxygens (including phenoxy) is 1. The summed E-state index contributed by atoms with van der Waals surface area (Å²) in [5.41, 5.74) is 0. The van der Waals surface area contributed by atoms with Crippen LogP contribution in [0.25, 0.3) is 0 Å². The zero-order chi connectivity index (χ0) is 13.4. The Morgan fingerprint density at radius 3 is 2.60 bits per heavy atom. The van der Waals surface area contributed by atoms with Gasteiger partial charge in [-0.15, -0.1) is 0 Å². The Bertz CT molecular complexity index is 741. The van der Waals surface area contributed by atoms with Gasteiger partial charge in [0.1, 0.15) is 6.08 Å². The minimum absolute atomic E-state index is 0.114. The minimum Gasteiger partial charge on any atom is -0.424 e. The van der Waals surface area contributed by atoms with Crippen LogP contribution in [0.2, 0.25) is 0 Å². The van der Waals surface area contributed by atoms with E-state index in [1.807, 2.05) is 30.4 Å². The summed E-state index contributed by atoms with van der Waals surface area (Å²) in [4.78, 5) is 3.76. The molecule has 1 nitrogen and oxygen atoms in total. The number of hydrogen-bond acceptors (Lipinski definition) is 1. The number of rotatable bonds is 1. The maximum absolute atomic E-state index is 6.02. The van der Waals surface area contributed by atoms with Crippen LogP contribution in [0.3, 0.4) is 0 Å². The topological polar surface area (TPSA) is 9.23 Å². The van der Waals surface area contributed by atoms with Crippen molar-refractivity contribution in [3.05, 3.63) is 89.6 Å². The van der Waals surface area contributed by atoms with Crippen molar-refractivity contribution in [3.63, 3.8) is 0 Å². The second-order valence-electron chi connectivity index (χ2n) is 4.54. The van der Waals surface area contributed by atoms with Gasteiger partial charge in [0.2, 0.25) is 4.90 Å². The van der Waals surface area contributed by atoms with Crippen molar-refractivity contribution in [2.45, 2.75) is 9.79 Å². The van der Waals surface area contributed by atoms with Gasteiger partial charge in [-0.25, -0.2) is 0 Å². The summed E-state index contributed by atoms with van der Waals surface area (Å²) in [6.45, 7) is 0. The van der Waals surface area contributed by atoms with E-state index in [1.165, 1.54) is 14.7 Å². The molecule has 1 unspecified atom stereocenters. The lowest BCUT2D eigenvalue weighted by atomic mass is 10.2. The summed E-state index contributed by atoms with van der Waals surface area (Å²) in [5.74, 6) is 1.90. The first-order valence-electron chi connectivity index (χ1n) is 6.50. The average molecular weight is 276 g/mol. The van der Waals surface area contributed by atoms with E-state index in [0.29, 0.717) is 0 Å². The highest BCUT2D eigenvalue weighted by molar-refractivity contribution is 8.01. The van der Waals surface area contributed by atoms with E-state index in [0.717, 1.165) is 11.5 Å². The molecule has 0 fully saturated rings. The quantitative estimate of drug-likeness (QED) is 0.558. The second kappa shape index (κ2) is 4.68. The smallest absolute Gasteiger partial charge is 0.318 e. The lowest BCUT2D eigenvalue weighted by molar-refractivity contribution is 0.428. The zero-order valence-electron chi connectivity index (χ0n) is 10.7. The summed E-state index contributed by atoms with van der Waals surface area (Å²) in [7, 11) is -0.114. The summed E-state index contributed by atoms with van der Waals surface area (Å²) in [5, 5.41) is 0. The highest BCUT2D eigenvalue weighted by Gasteiger charge is 2.45. The first-order valence-corrected chi connectivity index (χ1v) is 7.72. The highest BCUT2D eigenvalue weighted by Crippen LogP contribution is 2.43. The molecular weight excluding hydrogens is 264 g/mol. The molecule has 0 amide bonds. The van der Waals surface area contributed by atoms with E-state index in [1.54, 1.807) is 0 Å². The van der Waals surface area contributed by atoms with Gasteiger partial charge in [0.25, 0.3) is 5.76 Å². The van der Waals surface area contributed by atoms with Crippen LogP contribution in [0, 0.1) is 6.08 Å². The van der Waals surface area contributed by atoms with Crippen LogP contribution in [-0.4, -0.2) is 0 Å². The molecule has 20 heavy (non-hydrogen) atoms. The molecular formula is C18H12OS+2. The van der Waals surface area contributed by atoms with E-state index >= 15 is 0 Å². The van der Waals surface area contributed by atoms with Crippen molar-refractivity contribution in [2.75, 3.05) is 0 Å². The molecule has 0 aromatic heterocycles. The number of fused-ring (bicyclic) bond motifs is 1. The van der Waals surface area contributed by atoms with Crippen molar-refractivity contribution in [2.24, 2.45) is 0 Å². The Balaban J connectivity index is 1.95. The lowest BCUT2D eigenvalue weighted by Crippen LogP contribution is -2.17. The molecule has 0 spiro atoms. The second-order valence-corrected chi connectivity index (χ2v) is 6.50.